The van der Waals surface area contributed by atoms with Crippen molar-refractivity contribution < 1.29 is 14.8 Å². The minimum absolute atomic E-state index is 0.460. The molecule has 5 heteroatoms. The highest BCUT2D eigenvalue weighted by Crippen LogP contribution is 2.14. The van der Waals surface area contributed by atoms with Gasteiger partial charge in [-0.1, -0.05) is 19.1 Å². The lowest BCUT2D eigenvalue weighted by atomic mass is 9.80. The van der Waals surface area contributed by atoms with Crippen LogP contribution in [-0.4, -0.2) is 48.3 Å². The summed E-state index contributed by atoms with van der Waals surface area (Å²) in [6, 6.07) is 6.93. The molecule has 1 fully saturated rings. The van der Waals surface area contributed by atoms with Gasteiger partial charge in [-0.15, -0.1) is 0 Å². The van der Waals surface area contributed by atoms with Crippen molar-refractivity contribution in [2.75, 3.05) is 26.2 Å². The van der Waals surface area contributed by atoms with Gasteiger partial charge in [0.25, 0.3) is 0 Å². The summed E-state index contributed by atoms with van der Waals surface area (Å²) in [6.07, 6.45) is 1.27. The van der Waals surface area contributed by atoms with Crippen LogP contribution in [0.3, 0.4) is 0 Å². The highest BCUT2D eigenvalue weighted by atomic mass is 16.5. The second-order valence-corrected chi connectivity index (χ2v) is 4.99. The number of nitrogens with zero attached hydrogens (tertiary/aromatic N) is 1. The zero-order valence-corrected chi connectivity index (χ0v) is 10.7. The molecule has 0 radical (unpaired) electrons. The van der Waals surface area contributed by atoms with E-state index in [2.05, 4.69) is 11.8 Å². The Morgan fingerprint density at radius 3 is 2.94 bits per heavy atom. The Bertz CT molecular complexity index is 386. The SMILES string of the molecule is CC1CCN(CCOc2cccc(B(O)O)c2)C1. The van der Waals surface area contributed by atoms with Crippen molar-refractivity contribution in [2.45, 2.75) is 13.3 Å². The van der Waals surface area contributed by atoms with E-state index in [0.717, 1.165) is 25.6 Å². The Labute approximate surface area is 108 Å². The van der Waals surface area contributed by atoms with Crippen LogP contribution in [0.25, 0.3) is 0 Å². The van der Waals surface area contributed by atoms with Gasteiger partial charge in [-0.3, -0.25) is 4.90 Å². The van der Waals surface area contributed by atoms with Gasteiger partial charge in [0, 0.05) is 13.1 Å². The number of hydrogen-bond donors (Lipinski definition) is 2. The summed E-state index contributed by atoms with van der Waals surface area (Å²) in [4.78, 5) is 2.40. The molecule has 1 saturated heterocycles. The number of rotatable bonds is 5. The van der Waals surface area contributed by atoms with Crippen LogP contribution < -0.4 is 10.2 Å². The van der Waals surface area contributed by atoms with Crippen LogP contribution in [0.4, 0.5) is 0 Å². The zero-order valence-electron chi connectivity index (χ0n) is 10.7. The second-order valence-electron chi connectivity index (χ2n) is 4.99. The lowest BCUT2D eigenvalue weighted by molar-refractivity contribution is 0.234. The number of ether oxygens (including phenoxy) is 1. The van der Waals surface area contributed by atoms with Crippen LogP contribution in [0.5, 0.6) is 5.75 Å². The van der Waals surface area contributed by atoms with Crippen LogP contribution in [0, 0.1) is 5.92 Å². The summed E-state index contributed by atoms with van der Waals surface area (Å²) in [5.74, 6) is 1.48. The molecule has 1 heterocycles. The first-order chi connectivity index (χ1) is 8.65. The Morgan fingerprint density at radius 1 is 1.44 bits per heavy atom. The number of likely N-dealkylation sites (tertiary alicyclic amines) is 1. The largest absolute Gasteiger partial charge is 0.492 e. The van der Waals surface area contributed by atoms with Gasteiger partial charge in [-0.05, 0) is 36.5 Å². The molecule has 0 saturated carbocycles. The van der Waals surface area contributed by atoms with E-state index in [4.69, 9.17) is 14.8 Å². The maximum absolute atomic E-state index is 9.07. The van der Waals surface area contributed by atoms with E-state index in [1.165, 1.54) is 6.42 Å². The lowest BCUT2D eigenvalue weighted by Gasteiger charge is -2.15. The molecular formula is C13H20BNO3. The molecule has 1 aliphatic heterocycles. The standard InChI is InChI=1S/C13H20BNO3/c1-11-5-6-15(10-11)7-8-18-13-4-2-3-12(9-13)14(16)17/h2-4,9,11,16-17H,5-8,10H2,1H3. The third kappa shape index (κ3) is 3.73. The third-order valence-electron chi connectivity index (χ3n) is 3.34. The maximum atomic E-state index is 9.07. The molecule has 1 atom stereocenters. The van der Waals surface area contributed by atoms with Crippen LogP contribution in [-0.2, 0) is 0 Å². The normalized spacial score (nSPS) is 20.1. The Kier molecular flexibility index (Phi) is 4.63. The zero-order chi connectivity index (χ0) is 13.0. The summed E-state index contributed by atoms with van der Waals surface area (Å²) < 4.78 is 5.63. The molecule has 98 valence electrons. The van der Waals surface area contributed by atoms with Crippen LogP contribution in [0.2, 0.25) is 0 Å². The molecule has 2 N–H and O–H groups in total. The van der Waals surface area contributed by atoms with Gasteiger partial charge in [-0.25, -0.2) is 0 Å². The van der Waals surface area contributed by atoms with Gasteiger partial charge in [0.05, 0.1) is 0 Å². The van der Waals surface area contributed by atoms with E-state index in [1.54, 1.807) is 18.2 Å². The van der Waals surface area contributed by atoms with E-state index in [-0.39, 0.29) is 0 Å². The Balaban J connectivity index is 1.78. The fourth-order valence-corrected chi connectivity index (χ4v) is 2.29. The summed E-state index contributed by atoms with van der Waals surface area (Å²) in [5.41, 5.74) is 0.460. The molecule has 18 heavy (non-hydrogen) atoms. The second kappa shape index (κ2) is 6.23. The van der Waals surface area contributed by atoms with Crippen molar-refractivity contribution in [3.63, 3.8) is 0 Å². The smallest absolute Gasteiger partial charge is 0.488 e. The molecule has 1 aromatic carbocycles. The average Bonchev–Trinajstić information content (AvgIpc) is 2.75. The minimum Gasteiger partial charge on any atom is -0.492 e. The van der Waals surface area contributed by atoms with Gasteiger partial charge in [-0.2, -0.15) is 0 Å². The van der Waals surface area contributed by atoms with Crippen molar-refractivity contribution in [1.82, 2.24) is 4.90 Å². The summed E-state index contributed by atoms with van der Waals surface area (Å²) in [7, 11) is -1.44. The lowest BCUT2D eigenvalue weighted by Crippen LogP contribution is -2.30. The van der Waals surface area contributed by atoms with Gasteiger partial charge < -0.3 is 14.8 Å². The molecule has 1 aromatic rings. The maximum Gasteiger partial charge on any atom is 0.488 e. The summed E-state index contributed by atoms with van der Waals surface area (Å²) in [6.45, 7) is 6.14. The first-order valence-corrected chi connectivity index (χ1v) is 6.46. The Hall–Kier alpha value is -1.04. The molecule has 4 nitrogen and oxygen atoms in total. The van der Waals surface area contributed by atoms with Gasteiger partial charge >= 0.3 is 7.12 Å². The van der Waals surface area contributed by atoms with Gasteiger partial charge in [0.1, 0.15) is 12.4 Å². The fourth-order valence-electron chi connectivity index (χ4n) is 2.29. The van der Waals surface area contributed by atoms with E-state index < -0.39 is 7.12 Å². The first-order valence-electron chi connectivity index (χ1n) is 6.46. The molecule has 0 spiro atoms. The van der Waals surface area contributed by atoms with Crippen molar-refractivity contribution in [1.29, 1.82) is 0 Å². The van der Waals surface area contributed by atoms with Crippen LogP contribution in [0.15, 0.2) is 24.3 Å². The fraction of sp³-hybridized carbons (Fsp3) is 0.538. The highest BCUT2D eigenvalue weighted by molar-refractivity contribution is 6.58. The molecule has 0 aromatic heterocycles. The molecule has 0 amide bonds. The van der Waals surface area contributed by atoms with Crippen LogP contribution >= 0.6 is 0 Å². The topological polar surface area (TPSA) is 52.9 Å². The predicted octanol–water partition coefficient (Wildman–Crippen LogP) is 0.0870. The van der Waals surface area contributed by atoms with Gasteiger partial charge in [0.15, 0.2) is 0 Å². The monoisotopic (exact) mass is 249 g/mol. The van der Waals surface area contributed by atoms with E-state index in [0.29, 0.717) is 17.8 Å². The van der Waals surface area contributed by atoms with E-state index in [1.807, 2.05) is 6.07 Å². The molecular weight excluding hydrogens is 229 g/mol. The quantitative estimate of drug-likeness (QED) is 0.726. The average molecular weight is 249 g/mol. The van der Waals surface area contributed by atoms with Crippen molar-refractivity contribution in [3.8, 4) is 5.75 Å². The number of benzene rings is 1. The summed E-state index contributed by atoms with van der Waals surface area (Å²) in [5, 5.41) is 18.1. The van der Waals surface area contributed by atoms with E-state index >= 15 is 0 Å². The van der Waals surface area contributed by atoms with Crippen molar-refractivity contribution in [2.24, 2.45) is 5.92 Å². The van der Waals surface area contributed by atoms with E-state index in [9.17, 15) is 0 Å². The molecule has 0 bridgehead atoms. The summed E-state index contributed by atoms with van der Waals surface area (Å²) >= 11 is 0. The van der Waals surface area contributed by atoms with Crippen molar-refractivity contribution in [3.05, 3.63) is 24.3 Å². The van der Waals surface area contributed by atoms with Crippen molar-refractivity contribution >= 4 is 12.6 Å². The minimum atomic E-state index is -1.44. The third-order valence-corrected chi connectivity index (χ3v) is 3.34. The Morgan fingerprint density at radius 2 is 2.28 bits per heavy atom. The number of hydrogen-bond acceptors (Lipinski definition) is 4. The molecule has 1 unspecified atom stereocenters. The molecule has 1 aliphatic rings. The van der Waals surface area contributed by atoms with Crippen LogP contribution in [0.1, 0.15) is 13.3 Å². The first kappa shape index (κ1) is 13.4. The predicted molar refractivity (Wildman–Crippen MR) is 72.0 cm³/mol. The highest BCUT2D eigenvalue weighted by Gasteiger charge is 2.18. The van der Waals surface area contributed by atoms with Gasteiger partial charge in [0.2, 0.25) is 0 Å². The molecule has 2 rings (SSSR count). The molecule has 0 aliphatic carbocycles.